The average molecular weight is 560 g/mol. The molecular formula is C25H33N7O6S. The van der Waals surface area contributed by atoms with Crippen molar-refractivity contribution in [3.63, 3.8) is 0 Å². The molecule has 1 fully saturated rings. The molecule has 1 aromatic heterocycles. The molecule has 1 aliphatic rings. The third-order valence-corrected chi connectivity index (χ3v) is 6.70. The summed E-state index contributed by atoms with van der Waals surface area (Å²) in [6.45, 7) is -0.0293. The van der Waals surface area contributed by atoms with Crippen molar-refractivity contribution in [2.75, 3.05) is 18.8 Å². The zero-order valence-electron chi connectivity index (χ0n) is 21.2. The molecule has 0 saturated carbocycles. The lowest BCUT2D eigenvalue weighted by Crippen LogP contribution is -2.57. The van der Waals surface area contributed by atoms with Gasteiger partial charge in [-0.15, -0.1) is 0 Å². The molecule has 1 saturated heterocycles. The standard InChI is InChI=1S/C25H33N7O6S/c26-17(10-16-11-27-14-29-16)22(34)28-12-21(33)32-8-4-7-20(32)24(36)31-19(13-39)23(35)30-18(25(37)38)9-15-5-2-1-3-6-15/h1-3,5-6,11,14,17-20,39H,4,7-10,12-13,26H2,(H,27,29)(H,28,34)(H,30,35)(H,31,36)(H,37,38)/t17-,18-,19-,20-/m0/s1. The van der Waals surface area contributed by atoms with Gasteiger partial charge in [-0.3, -0.25) is 19.2 Å². The second-order valence-corrected chi connectivity index (χ2v) is 9.55. The Bertz CT molecular complexity index is 1150. The second-order valence-electron chi connectivity index (χ2n) is 9.18. The van der Waals surface area contributed by atoms with E-state index < -0.39 is 53.8 Å². The highest BCUT2D eigenvalue weighted by Crippen LogP contribution is 2.18. The number of aromatic nitrogens is 2. The summed E-state index contributed by atoms with van der Waals surface area (Å²) in [5, 5.41) is 17.1. The number of benzene rings is 1. The summed E-state index contributed by atoms with van der Waals surface area (Å²) in [5.41, 5.74) is 7.29. The van der Waals surface area contributed by atoms with E-state index in [1.807, 2.05) is 0 Å². The van der Waals surface area contributed by atoms with E-state index in [1.54, 1.807) is 36.5 Å². The lowest BCUT2D eigenvalue weighted by Gasteiger charge is -2.26. The zero-order valence-corrected chi connectivity index (χ0v) is 22.1. The molecule has 13 nitrogen and oxygen atoms in total. The maximum atomic E-state index is 13.0. The van der Waals surface area contributed by atoms with Gasteiger partial charge in [0.1, 0.15) is 18.1 Å². The van der Waals surface area contributed by atoms with Gasteiger partial charge in [-0.2, -0.15) is 12.6 Å². The van der Waals surface area contributed by atoms with Crippen molar-refractivity contribution in [1.29, 1.82) is 0 Å². The van der Waals surface area contributed by atoms with Crippen LogP contribution in [0.4, 0.5) is 0 Å². The number of rotatable bonds is 13. The van der Waals surface area contributed by atoms with E-state index in [1.165, 1.54) is 11.2 Å². The van der Waals surface area contributed by atoms with E-state index in [4.69, 9.17) is 5.73 Å². The summed E-state index contributed by atoms with van der Waals surface area (Å²) in [7, 11) is 0. The number of H-pyrrole nitrogens is 1. The van der Waals surface area contributed by atoms with Gasteiger partial charge >= 0.3 is 5.97 Å². The Labute approximate surface area is 230 Å². The number of carbonyl (C=O) groups excluding carboxylic acids is 4. The van der Waals surface area contributed by atoms with Crippen LogP contribution in [0.2, 0.25) is 0 Å². The molecule has 0 radical (unpaired) electrons. The highest BCUT2D eigenvalue weighted by Gasteiger charge is 2.36. The molecule has 0 spiro atoms. The smallest absolute Gasteiger partial charge is 0.326 e. The average Bonchev–Trinajstić information content (AvgIpc) is 3.62. The number of hydrogen-bond acceptors (Lipinski definition) is 8. The van der Waals surface area contributed by atoms with Gasteiger partial charge < -0.3 is 36.7 Å². The number of nitrogens with one attached hydrogen (secondary N) is 4. The third kappa shape index (κ3) is 8.55. The third-order valence-electron chi connectivity index (χ3n) is 6.33. The highest BCUT2D eigenvalue weighted by molar-refractivity contribution is 7.80. The zero-order chi connectivity index (χ0) is 28.4. The molecule has 39 heavy (non-hydrogen) atoms. The number of carboxylic acid groups (broad SMARTS) is 1. The number of aromatic amines is 1. The van der Waals surface area contributed by atoms with E-state index >= 15 is 0 Å². The molecule has 2 aromatic rings. The second kappa shape index (κ2) is 14.3. The van der Waals surface area contributed by atoms with Gasteiger partial charge in [0.2, 0.25) is 23.6 Å². The number of nitrogens with two attached hydrogens (primary N) is 1. The molecule has 1 aromatic carbocycles. The molecular weight excluding hydrogens is 526 g/mol. The highest BCUT2D eigenvalue weighted by atomic mass is 32.1. The van der Waals surface area contributed by atoms with Crippen LogP contribution in [-0.2, 0) is 36.8 Å². The number of nitrogens with zero attached hydrogens (tertiary/aromatic N) is 2. The molecule has 2 heterocycles. The van der Waals surface area contributed by atoms with Crippen molar-refractivity contribution in [2.45, 2.75) is 49.9 Å². The fourth-order valence-corrected chi connectivity index (χ4v) is 4.50. The van der Waals surface area contributed by atoms with Crippen molar-refractivity contribution in [3.8, 4) is 0 Å². The SMILES string of the molecule is N[C@@H](Cc1cnc[nH]1)C(=O)NCC(=O)N1CCC[C@H]1C(=O)N[C@@H](CS)C(=O)N[C@@H](Cc1ccccc1)C(=O)O. The number of aliphatic carboxylic acids is 1. The topological polar surface area (TPSA) is 200 Å². The largest absolute Gasteiger partial charge is 0.480 e. The van der Waals surface area contributed by atoms with Crippen LogP contribution >= 0.6 is 12.6 Å². The van der Waals surface area contributed by atoms with E-state index in [0.29, 0.717) is 25.1 Å². The Hall–Kier alpha value is -3.91. The number of thiol groups is 1. The minimum absolute atomic E-state index is 0.0668. The number of amides is 4. The first-order valence-electron chi connectivity index (χ1n) is 12.5. The van der Waals surface area contributed by atoms with E-state index in [2.05, 4.69) is 38.5 Å². The molecule has 0 bridgehead atoms. The summed E-state index contributed by atoms with van der Waals surface area (Å²) < 4.78 is 0. The van der Waals surface area contributed by atoms with Crippen LogP contribution in [0.1, 0.15) is 24.1 Å². The minimum atomic E-state index is -1.21. The molecule has 4 atom stereocenters. The van der Waals surface area contributed by atoms with Crippen molar-refractivity contribution < 1.29 is 29.1 Å². The predicted molar refractivity (Wildman–Crippen MR) is 144 cm³/mol. The Morgan fingerprint density at radius 3 is 2.49 bits per heavy atom. The maximum Gasteiger partial charge on any atom is 0.326 e. The van der Waals surface area contributed by atoms with Crippen molar-refractivity contribution in [1.82, 2.24) is 30.8 Å². The van der Waals surface area contributed by atoms with Gasteiger partial charge in [-0.05, 0) is 18.4 Å². The van der Waals surface area contributed by atoms with Crippen LogP contribution in [0.5, 0.6) is 0 Å². The molecule has 4 amide bonds. The number of hydrogen-bond donors (Lipinski definition) is 7. The van der Waals surface area contributed by atoms with E-state index in [9.17, 15) is 29.1 Å². The molecule has 1 aliphatic heterocycles. The summed E-state index contributed by atoms with van der Waals surface area (Å²) in [5.74, 6) is -3.54. The first kappa shape index (κ1) is 29.6. The Morgan fingerprint density at radius 2 is 1.85 bits per heavy atom. The summed E-state index contributed by atoms with van der Waals surface area (Å²) in [6, 6.07) is 4.79. The summed E-state index contributed by atoms with van der Waals surface area (Å²) in [6.07, 6.45) is 4.24. The van der Waals surface area contributed by atoms with Gasteiger partial charge in [0, 0.05) is 37.0 Å². The Balaban J connectivity index is 1.52. The van der Waals surface area contributed by atoms with Crippen molar-refractivity contribution >= 4 is 42.2 Å². The lowest BCUT2D eigenvalue weighted by atomic mass is 10.1. The Morgan fingerprint density at radius 1 is 1.10 bits per heavy atom. The maximum absolute atomic E-state index is 13.0. The van der Waals surface area contributed by atoms with Gasteiger partial charge in [-0.25, -0.2) is 9.78 Å². The van der Waals surface area contributed by atoms with Crippen LogP contribution < -0.4 is 21.7 Å². The summed E-state index contributed by atoms with van der Waals surface area (Å²) >= 11 is 4.15. The molecule has 0 aliphatic carbocycles. The normalized spacial score (nSPS) is 17.1. The van der Waals surface area contributed by atoms with Crippen LogP contribution in [0.15, 0.2) is 42.9 Å². The fourth-order valence-electron chi connectivity index (χ4n) is 4.24. The van der Waals surface area contributed by atoms with Crippen LogP contribution in [0.3, 0.4) is 0 Å². The first-order valence-corrected chi connectivity index (χ1v) is 13.1. The van der Waals surface area contributed by atoms with Crippen LogP contribution in [0, 0.1) is 0 Å². The monoisotopic (exact) mass is 559 g/mol. The van der Waals surface area contributed by atoms with Gasteiger partial charge in [0.15, 0.2) is 0 Å². The number of imidazole rings is 1. The van der Waals surface area contributed by atoms with Gasteiger partial charge in [-0.1, -0.05) is 30.3 Å². The van der Waals surface area contributed by atoms with E-state index in [-0.39, 0.29) is 25.1 Å². The quantitative estimate of drug-likeness (QED) is 0.145. The number of carboxylic acids is 1. The fraction of sp³-hybridized carbons (Fsp3) is 0.440. The molecule has 7 N–H and O–H groups in total. The van der Waals surface area contributed by atoms with Crippen LogP contribution in [-0.4, -0.2) is 92.6 Å². The van der Waals surface area contributed by atoms with Crippen LogP contribution in [0.25, 0.3) is 0 Å². The Kier molecular flexibility index (Phi) is 10.9. The predicted octanol–water partition coefficient (Wildman–Crippen LogP) is -1.39. The number of likely N-dealkylation sites (tertiary alicyclic amines) is 1. The van der Waals surface area contributed by atoms with Crippen molar-refractivity contribution in [2.24, 2.45) is 5.73 Å². The molecule has 0 unspecified atom stereocenters. The minimum Gasteiger partial charge on any atom is -0.480 e. The van der Waals surface area contributed by atoms with Crippen molar-refractivity contribution in [3.05, 3.63) is 54.1 Å². The lowest BCUT2D eigenvalue weighted by molar-refractivity contribution is -0.142. The van der Waals surface area contributed by atoms with E-state index in [0.717, 1.165) is 5.56 Å². The molecule has 14 heteroatoms. The van der Waals surface area contributed by atoms with Gasteiger partial charge in [0.05, 0.1) is 18.9 Å². The van der Waals surface area contributed by atoms with Gasteiger partial charge in [0.25, 0.3) is 0 Å². The number of carbonyl (C=O) groups is 5. The first-order chi connectivity index (χ1) is 18.7. The summed E-state index contributed by atoms with van der Waals surface area (Å²) in [4.78, 5) is 70.7. The molecule has 3 rings (SSSR count). The molecule has 210 valence electrons.